The Balaban J connectivity index is 1.90. The van der Waals surface area contributed by atoms with Gasteiger partial charge >= 0.3 is 0 Å². The van der Waals surface area contributed by atoms with Gasteiger partial charge in [-0.05, 0) is 49.6 Å². The van der Waals surface area contributed by atoms with Crippen LogP contribution in [0.2, 0.25) is 10.0 Å². The number of rotatable bonds is 3. The molecule has 0 spiro atoms. The lowest BCUT2D eigenvalue weighted by Gasteiger charge is -2.09. The lowest BCUT2D eigenvalue weighted by Crippen LogP contribution is -2.07. The highest BCUT2D eigenvalue weighted by Crippen LogP contribution is 2.39. The number of fused-ring (bicyclic) bond motifs is 1. The van der Waals surface area contributed by atoms with E-state index in [4.69, 9.17) is 33.0 Å². The van der Waals surface area contributed by atoms with E-state index in [1.54, 1.807) is 13.2 Å². The van der Waals surface area contributed by atoms with E-state index in [2.05, 4.69) is 5.32 Å². The van der Waals surface area contributed by atoms with Crippen LogP contribution in [0.4, 0.5) is 5.82 Å². The molecule has 3 aromatic rings. The predicted molar refractivity (Wildman–Crippen MR) is 107 cm³/mol. The van der Waals surface area contributed by atoms with Crippen LogP contribution in [0.3, 0.4) is 0 Å². The second-order valence-electron chi connectivity index (χ2n) is 6.27. The number of hydrogen-bond acceptors (Lipinski definition) is 3. The topological polar surface area (TPSA) is 39.1 Å². The number of benzene rings is 2. The third-order valence-corrected chi connectivity index (χ3v) is 5.47. The van der Waals surface area contributed by atoms with Gasteiger partial charge in [-0.1, -0.05) is 35.3 Å². The molecule has 0 aliphatic carbocycles. The van der Waals surface area contributed by atoms with E-state index >= 15 is 0 Å². The zero-order valence-electron chi connectivity index (χ0n) is 14.4. The molecule has 0 saturated heterocycles. The van der Waals surface area contributed by atoms with Gasteiger partial charge in [0.05, 0.1) is 28.5 Å². The van der Waals surface area contributed by atoms with Gasteiger partial charge in [-0.15, -0.1) is 0 Å². The summed E-state index contributed by atoms with van der Waals surface area (Å²) in [6, 6.07) is 13.6. The SMILES string of the molecule is COc1ccc(-n2nc(-c3cccc(Cl)c3Cl)c3c2NCCCC3)cc1. The quantitative estimate of drug-likeness (QED) is 0.635. The van der Waals surface area contributed by atoms with Crippen LogP contribution in [-0.2, 0) is 6.42 Å². The van der Waals surface area contributed by atoms with Crippen LogP contribution in [0.1, 0.15) is 18.4 Å². The van der Waals surface area contributed by atoms with Gasteiger partial charge < -0.3 is 10.1 Å². The highest BCUT2D eigenvalue weighted by atomic mass is 35.5. The summed E-state index contributed by atoms with van der Waals surface area (Å²) < 4.78 is 7.21. The second kappa shape index (κ2) is 7.22. The molecule has 0 bridgehead atoms. The lowest BCUT2D eigenvalue weighted by molar-refractivity contribution is 0.414. The standard InChI is InChI=1S/C20H19Cl2N3O/c1-26-14-10-8-13(9-11-14)25-20-16(5-2-3-12-23-20)19(24-25)15-6-4-7-17(21)18(15)22/h4,6-11,23H,2-3,5,12H2,1H3. The van der Waals surface area contributed by atoms with Crippen molar-refractivity contribution in [3.05, 3.63) is 58.1 Å². The maximum atomic E-state index is 6.49. The molecular formula is C20H19Cl2N3O. The van der Waals surface area contributed by atoms with Gasteiger partial charge in [0.25, 0.3) is 0 Å². The number of nitrogens with zero attached hydrogens (tertiary/aromatic N) is 2. The minimum absolute atomic E-state index is 0.540. The van der Waals surface area contributed by atoms with E-state index in [0.717, 1.165) is 54.3 Å². The van der Waals surface area contributed by atoms with Gasteiger partial charge in [-0.2, -0.15) is 5.10 Å². The molecule has 4 rings (SSSR count). The number of aromatic nitrogens is 2. The molecule has 0 radical (unpaired) electrons. The molecule has 134 valence electrons. The van der Waals surface area contributed by atoms with Gasteiger partial charge in [0.15, 0.2) is 0 Å². The average Bonchev–Trinajstić information content (AvgIpc) is 2.85. The van der Waals surface area contributed by atoms with E-state index in [1.807, 2.05) is 41.1 Å². The van der Waals surface area contributed by atoms with Gasteiger partial charge in [-0.3, -0.25) is 0 Å². The van der Waals surface area contributed by atoms with E-state index in [-0.39, 0.29) is 0 Å². The first-order valence-corrected chi connectivity index (χ1v) is 9.39. The monoisotopic (exact) mass is 387 g/mol. The van der Waals surface area contributed by atoms with Crippen molar-refractivity contribution in [2.24, 2.45) is 0 Å². The van der Waals surface area contributed by atoms with Gasteiger partial charge in [0.2, 0.25) is 0 Å². The third kappa shape index (κ3) is 3.04. The Morgan fingerprint density at radius 3 is 2.65 bits per heavy atom. The molecule has 4 nitrogen and oxygen atoms in total. The minimum Gasteiger partial charge on any atom is -0.497 e. The molecular weight excluding hydrogens is 369 g/mol. The normalized spacial score (nSPS) is 13.7. The number of ether oxygens (including phenoxy) is 1. The molecule has 0 saturated carbocycles. The average molecular weight is 388 g/mol. The van der Waals surface area contributed by atoms with Crippen molar-refractivity contribution < 1.29 is 4.74 Å². The van der Waals surface area contributed by atoms with Gasteiger partial charge in [-0.25, -0.2) is 4.68 Å². The van der Waals surface area contributed by atoms with Crippen molar-refractivity contribution in [2.45, 2.75) is 19.3 Å². The van der Waals surface area contributed by atoms with Crippen LogP contribution < -0.4 is 10.1 Å². The highest BCUT2D eigenvalue weighted by Gasteiger charge is 2.23. The molecule has 2 aromatic carbocycles. The zero-order valence-corrected chi connectivity index (χ0v) is 15.9. The molecule has 0 amide bonds. The van der Waals surface area contributed by atoms with Crippen LogP contribution in [-0.4, -0.2) is 23.4 Å². The number of anilines is 1. The van der Waals surface area contributed by atoms with E-state index in [1.165, 1.54) is 5.56 Å². The summed E-state index contributed by atoms with van der Waals surface area (Å²) in [5.74, 6) is 1.84. The summed E-state index contributed by atoms with van der Waals surface area (Å²) in [4.78, 5) is 0. The number of methoxy groups -OCH3 is 1. The molecule has 0 unspecified atom stereocenters. The van der Waals surface area contributed by atoms with Crippen molar-refractivity contribution >= 4 is 29.0 Å². The summed E-state index contributed by atoms with van der Waals surface area (Å²) in [6.07, 6.45) is 3.19. The molecule has 0 fully saturated rings. The summed E-state index contributed by atoms with van der Waals surface area (Å²) in [5, 5.41) is 9.52. The Labute approximate surface area is 162 Å². The van der Waals surface area contributed by atoms with Gasteiger partial charge in [0.1, 0.15) is 11.6 Å². The van der Waals surface area contributed by atoms with Crippen LogP contribution in [0.15, 0.2) is 42.5 Å². The molecule has 1 aromatic heterocycles. The number of halogens is 2. The first-order chi connectivity index (χ1) is 12.7. The molecule has 2 heterocycles. The van der Waals surface area contributed by atoms with Crippen molar-refractivity contribution in [1.82, 2.24) is 9.78 Å². The maximum Gasteiger partial charge on any atom is 0.133 e. The minimum atomic E-state index is 0.540. The van der Waals surface area contributed by atoms with Crippen molar-refractivity contribution in [2.75, 3.05) is 19.0 Å². The maximum absolute atomic E-state index is 6.49. The fourth-order valence-electron chi connectivity index (χ4n) is 3.32. The molecule has 6 heteroatoms. The molecule has 1 aliphatic heterocycles. The van der Waals surface area contributed by atoms with Crippen molar-refractivity contribution in [3.8, 4) is 22.7 Å². The fourth-order valence-corrected chi connectivity index (χ4v) is 3.71. The molecule has 1 aliphatic rings. The molecule has 1 N–H and O–H groups in total. The highest BCUT2D eigenvalue weighted by molar-refractivity contribution is 6.43. The summed E-state index contributed by atoms with van der Waals surface area (Å²) in [6.45, 7) is 0.928. The van der Waals surface area contributed by atoms with Crippen LogP contribution >= 0.6 is 23.2 Å². The third-order valence-electron chi connectivity index (χ3n) is 4.65. The first kappa shape index (κ1) is 17.3. The Bertz CT molecular complexity index is 935. The van der Waals surface area contributed by atoms with Crippen LogP contribution in [0.25, 0.3) is 16.9 Å². The first-order valence-electron chi connectivity index (χ1n) is 8.63. The summed E-state index contributed by atoms with van der Waals surface area (Å²) >= 11 is 12.7. The van der Waals surface area contributed by atoms with Crippen LogP contribution in [0.5, 0.6) is 5.75 Å². The van der Waals surface area contributed by atoms with Crippen molar-refractivity contribution in [3.63, 3.8) is 0 Å². The smallest absolute Gasteiger partial charge is 0.133 e. The predicted octanol–water partition coefficient (Wildman–Crippen LogP) is 5.60. The Kier molecular flexibility index (Phi) is 4.79. The summed E-state index contributed by atoms with van der Waals surface area (Å²) in [7, 11) is 1.66. The van der Waals surface area contributed by atoms with Crippen molar-refractivity contribution in [1.29, 1.82) is 0 Å². The van der Waals surface area contributed by atoms with Gasteiger partial charge in [0, 0.05) is 17.7 Å². The zero-order chi connectivity index (χ0) is 18.1. The number of nitrogens with one attached hydrogen (secondary N) is 1. The number of hydrogen-bond donors (Lipinski definition) is 1. The fraction of sp³-hybridized carbons (Fsp3) is 0.250. The van der Waals surface area contributed by atoms with E-state index in [9.17, 15) is 0 Å². The summed E-state index contributed by atoms with van der Waals surface area (Å²) in [5.41, 5.74) is 3.91. The lowest BCUT2D eigenvalue weighted by atomic mass is 10.0. The second-order valence-corrected chi connectivity index (χ2v) is 7.06. The molecule has 26 heavy (non-hydrogen) atoms. The van der Waals surface area contributed by atoms with Crippen LogP contribution in [0, 0.1) is 0 Å². The largest absolute Gasteiger partial charge is 0.497 e. The molecule has 0 atom stereocenters. The van der Waals surface area contributed by atoms with E-state index in [0.29, 0.717) is 10.0 Å². The Morgan fingerprint density at radius 1 is 1.08 bits per heavy atom. The Morgan fingerprint density at radius 2 is 1.88 bits per heavy atom. The Hall–Kier alpha value is -2.17. The van der Waals surface area contributed by atoms with E-state index < -0.39 is 0 Å².